The van der Waals surface area contributed by atoms with Crippen LogP contribution >= 0.6 is 11.6 Å². The van der Waals surface area contributed by atoms with Crippen molar-refractivity contribution in [2.75, 3.05) is 50.8 Å². The molecule has 3 atom stereocenters. The van der Waals surface area contributed by atoms with Crippen molar-refractivity contribution >= 4 is 23.4 Å². The zero-order valence-electron chi connectivity index (χ0n) is 15.1. The summed E-state index contributed by atoms with van der Waals surface area (Å²) in [4.78, 5) is 16.5. The summed E-state index contributed by atoms with van der Waals surface area (Å²) < 4.78 is 11.0. The Morgan fingerprint density at radius 1 is 1.35 bits per heavy atom. The molecular formula is C19H26ClN3O3. The predicted octanol–water partition coefficient (Wildman–Crippen LogP) is 2.35. The van der Waals surface area contributed by atoms with Crippen molar-refractivity contribution in [3.05, 3.63) is 28.8 Å². The first kappa shape index (κ1) is 17.9. The van der Waals surface area contributed by atoms with Crippen LogP contribution in [0, 0.1) is 11.8 Å². The number of morpholine rings is 1. The van der Waals surface area contributed by atoms with Gasteiger partial charge in [0.15, 0.2) is 0 Å². The van der Waals surface area contributed by atoms with Gasteiger partial charge in [0, 0.05) is 55.0 Å². The Balaban J connectivity index is 1.34. The second-order valence-electron chi connectivity index (χ2n) is 7.53. The number of hydrogen-bond donors (Lipinski definition) is 1. The highest BCUT2D eigenvalue weighted by Gasteiger charge is 2.38. The van der Waals surface area contributed by atoms with Crippen molar-refractivity contribution < 1.29 is 14.3 Å². The molecule has 1 aromatic carbocycles. The van der Waals surface area contributed by atoms with Crippen LogP contribution in [0.3, 0.4) is 0 Å². The lowest BCUT2D eigenvalue weighted by Gasteiger charge is -2.35. The maximum atomic E-state index is 12.3. The molecule has 0 spiro atoms. The van der Waals surface area contributed by atoms with Crippen molar-refractivity contribution in [3.63, 3.8) is 0 Å². The summed E-state index contributed by atoms with van der Waals surface area (Å²) in [6, 6.07) is 6.28. The topological polar surface area (TPSA) is 54.0 Å². The van der Waals surface area contributed by atoms with Crippen LogP contribution in [-0.2, 0) is 16.1 Å². The highest BCUT2D eigenvalue weighted by molar-refractivity contribution is 6.31. The molecule has 3 heterocycles. The molecule has 7 heteroatoms. The van der Waals surface area contributed by atoms with Crippen LogP contribution in [0.15, 0.2) is 18.2 Å². The van der Waals surface area contributed by atoms with E-state index in [0.29, 0.717) is 22.9 Å². The fourth-order valence-electron chi connectivity index (χ4n) is 4.18. The number of amides is 1. The molecular weight excluding hydrogens is 354 g/mol. The van der Waals surface area contributed by atoms with Crippen molar-refractivity contribution in [2.45, 2.75) is 19.6 Å². The van der Waals surface area contributed by atoms with Gasteiger partial charge >= 0.3 is 6.09 Å². The highest BCUT2D eigenvalue weighted by atomic mass is 35.5. The number of ether oxygens (including phenoxy) is 2. The van der Waals surface area contributed by atoms with E-state index >= 15 is 0 Å². The molecule has 3 aliphatic heterocycles. The van der Waals surface area contributed by atoms with E-state index in [0.717, 1.165) is 57.2 Å². The molecule has 3 unspecified atom stereocenters. The van der Waals surface area contributed by atoms with Crippen LogP contribution < -0.4 is 10.2 Å². The van der Waals surface area contributed by atoms with Gasteiger partial charge in [0.25, 0.3) is 0 Å². The summed E-state index contributed by atoms with van der Waals surface area (Å²) in [5.41, 5.74) is 1.92. The summed E-state index contributed by atoms with van der Waals surface area (Å²) in [5, 5.41) is 4.01. The fourth-order valence-corrected chi connectivity index (χ4v) is 4.41. The average Bonchev–Trinajstić information content (AvgIpc) is 3.23. The molecule has 1 amide bonds. The maximum Gasteiger partial charge on any atom is 0.410 e. The fraction of sp³-hybridized carbons (Fsp3) is 0.632. The molecule has 1 N–H and O–H groups in total. The minimum absolute atomic E-state index is 0.209. The van der Waals surface area contributed by atoms with E-state index in [-0.39, 0.29) is 12.7 Å². The molecule has 3 fully saturated rings. The number of benzene rings is 1. The van der Waals surface area contributed by atoms with Gasteiger partial charge in [-0.3, -0.25) is 0 Å². The first-order valence-electron chi connectivity index (χ1n) is 9.37. The van der Waals surface area contributed by atoms with E-state index in [1.165, 1.54) is 0 Å². The molecule has 1 aromatic rings. The molecule has 6 nitrogen and oxygen atoms in total. The number of likely N-dealkylation sites (tertiary alicyclic amines) is 1. The van der Waals surface area contributed by atoms with Gasteiger partial charge in [-0.25, -0.2) is 4.79 Å². The molecule has 0 saturated carbocycles. The third kappa shape index (κ3) is 3.63. The summed E-state index contributed by atoms with van der Waals surface area (Å²) in [7, 11) is 0. The van der Waals surface area contributed by atoms with E-state index < -0.39 is 0 Å². The maximum absolute atomic E-state index is 12.3. The molecule has 0 aliphatic carbocycles. The lowest BCUT2D eigenvalue weighted by molar-refractivity contribution is 0.0988. The molecule has 4 rings (SSSR count). The van der Waals surface area contributed by atoms with Gasteiger partial charge in [-0.2, -0.15) is 0 Å². The second-order valence-corrected chi connectivity index (χ2v) is 7.94. The van der Waals surface area contributed by atoms with Crippen molar-refractivity contribution in [2.24, 2.45) is 11.8 Å². The number of carbonyl (C=O) groups excluding carboxylic acids is 1. The van der Waals surface area contributed by atoms with E-state index in [9.17, 15) is 4.79 Å². The quantitative estimate of drug-likeness (QED) is 0.873. The van der Waals surface area contributed by atoms with Gasteiger partial charge in [-0.05, 0) is 30.9 Å². The SMILES string of the molecule is CC1COCCN1c1ccc(COC(=O)N2CC3CNCC3C2)c(Cl)c1. The Kier molecular flexibility index (Phi) is 5.25. The second kappa shape index (κ2) is 7.62. The number of rotatable bonds is 3. The van der Waals surface area contributed by atoms with Gasteiger partial charge in [0.1, 0.15) is 6.61 Å². The molecule has 142 valence electrons. The number of nitrogens with zero attached hydrogens (tertiary/aromatic N) is 2. The lowest BCUT2D eigenvalue weighted by Crippen LogP contribution is -2.43. The number of hydrogen-bond acceptors (Lipinski definition) is 5. The number of fused-ring (bicyclic) bond motifs is 1. The summed E-state index contributed by atoms with van der Waals surface area (Å²) >= 11 is 6.45. The molecule has 3 saturated heterocycles. The molecule has 3 aliphatic rings. The monoisotopic (exact) mass is 379 g/mol. The minimum atomic E-state index is -0.235. The first-order valence-corrected chi connectivity index (χ1v) is 9.75. The Hall–Kier alpha value is -1.50. The zero-order valence-corrected chi connectivity index (χ0v) is 15.9. The normalized spacial score (nSPS) is 28.3. The summed E-state index contributed by atoms with van der Waals surface area (Å²) in [6.07, 6.45) is -0.235. The van der Waals surface area contributed by atoms with Crippen molar-refractivity contribution in [3.8, 4) is 0 Å². The third-order valence-electron chi connectivity index (χ3n) is 5.73. The molecule has 0 radical (unpaired) electrons. The average molecular weight is 380 g/mol. The van der Waals surface area contributed by atoms with Crippen LogP contribution in [0.4, 0.5) is 10.5 Å². The third-order valence-corrected chi connectivity index (χ3v) is 6.09. The summed E-state index contributed by atoms with van der Waals surface area (Å²) in [5.74, 6) is 1.14. The van der Waals surface area contributed by atoms with Crippen LogP contribution in [-0.4, -0.2) is 63.0 Å². The number of anilines is 1. The van der Waals surface area contributed by atoms with Gasteiger partial charge in [0.2, 0.25) is 0 Å². The van der Waals surface area contributed by atoms with Crippen molar-refractivity contribution in [1.29, 1.82) is 0 Å². The van der Waals surface area contributed by atoms with Gasteiger partial charge in [-0.15, -0.1) is 0 Å². The Morgan fingerprint density at radius 3 is 2.81 bits per heavy atom. The first-order chi connectivity index (χ1) is 12.6. The largest absolute Gasteiger partial charge is 0.444 e. The Morgan fingerprint density at radius 2 is 2.12 bits per heavy atom. The Bertz CT molecular complexity index is 659. The smallest absolute Gasteiger partial charge is 0.410 e. The molecule has 0 bridgehead atoms. The predicted molar refractivity (Wildman–Crippen MR) is 101 cm³/mol. The van der Waals surface area contributed by atoms with Crippen LogP contribution in [0.5, 0.6) is 0 Å². The lowest BCUT2D eigenvalue weighted by atomic mass is 10.0. The van der Waals surface area contributed by atoms with Crippen molar-refractivity contribution in [1.82, 2.24) is 10.2 Å². The summed E-state index contributed by atoms with van der Waals surface area (Å²) in [6.45, 7) is 8.25. The van der Waals surface area contributed by atoms with E-state index in [2.05, 4.69) is 17.1 Å². The van der Waals surface area contributed by atoms with Crippen LogP contribution in [0.2, 0.25) is 5.02 Å². The van der Waals surface area contributed by atoms with E-state index in [1.54, 1.807) is 0 Å². The standard InChI is InChI=1S/C19H26ClN3O3/c1-13-11-25-5-4-23(13)17-3-2-14(18(20)6-17)12-26-19(24)22-9-15-7-21-8-16(15)10-22/h2-3,6,13,15-16,21H,4-5,7-12H2,1H3. The van der Waals surface area contributed by atoms with E-state index in [4.69, 9.17) is 21.1 Å². The van der Waals surface area contributed by atoms with Crippen LogP contribution in [0.25, 0.3) is 0 Å². The van der Waals surface area contributed by atoms with Gasteiger partial charge < -0.3 is 24.6 Å². The number of nitrogens with one attached hydrogen (secondary N) is 1. The highest BCUT2D eigenvalue weighted by Crippen LogP contribution is 2.29. The Labute approximate surface area is 159 Å². The molecule has 26 heavy (non-hydrogen) atoms. The number of carbonyl (C=O) groups is 1. The van der Waals surface area contributed by atoms with Gasteiger partial charge in [0.05, 0.1) is 13.2 Å². The van der Waals surface area contributed by atoms with Gasteiger partial charge in [-0.1, -0.05) is 17.7 Å². The van der Waals surface area contributed by atoms with Crippen LogP contribution in [0.1, 0.15) is 12.5 Å². The minimum Gasteiger partial charge on any atom is -0.444 e. The zero-order chi connectivity index (χ0) is 18.1. The number of halogens is 1. The van der Waals surface area contributed by atoms with E-state index in [1.807, 2.05) is 23.1 Å². The molecule has 0 aromatic heterocycles.